The normalized spacial score (nSPS) is 11.8. The van der Waals surface area contributed by atoms with Gasteiger partial charge >= 0.3 is 0 Å². The average Bonchev–Trinajstić information content (AvgIpc) is 2.62. The summed E-state index contributed by atoms with van der Waals surface area (Å²) in [7, 11) is 1.63. The van der Waals surface area contributed by atoms with Crippen LogP contribution in [0.2, 0.25) is 0 Å². The fourth-order valence-corrected chi connectivity index (χ4v) is 2.24. The molecular formula is C18H21N3O3. The van der Waals surface area contributed by atoms with E-state index in [0.29, 0.717) is 23.4 Å². The summed E-state index contributed by atoms with van der Waals surface area (Å²) in [5, 5.41) is 2.84. The Morgan fingerprint density at radius 2 is 1.92 bits per heavy atom. The van der Waals surface area contributed by atoms with Crippen molar-refractivity contribution < 1.29 is 14.3 Å². The standard InChI is InChI=1S/C18H21N3O3/c1-3-15(24-2)11-21-18(23)13-6-4-12(5-7-13)16-10-14(17(19)22)8-9-20-16/h4-10,15H,3,11H2,1-2H3,(H2,19,22)(H,21,23)/t15-/m1/s1. The summed E-state index contributed by atoms with van der Waals surface area (Å²) in [5.74, 6) is -0.658. The van der Waals surface area contributed by atoms with Crippen molar-refractivity contribution in [3.63, 3.8) is 0 Å². The molecule has 0 aliphatic heterocycles. The van der Waals surface area contributed by atoms with E-state index in [-0.39, 0.29) is 12.0 Å². The number of methoxy groups -OCH3 is 1. The lowest BCUT2D eigenvalue weighted by atomic mass is 10.1. The van der Waals surface area contributed by atoms with Crippen molar-refractivity contribution in [1.82, 2.24) is 10.3 Å². The van der Waals surface area contributed by atoms with Gasteiger partial charge in [0, 0.05) is 36.5 Å². The van der Waals surface area contributed by atoms with E-state index >= 15 is 0 Å². The molecule has 0 aliphatic rings. The lowest BCUT2D eigenvalue weighted by molar-refractivity contribution is 0.0815. The first-order valence-corrected chi connectivity index (χ1v) is 7.72. The summed E-state index contributed by atoms with van der Waals surface area (Å²) in [5.41, 5.74) is 7.65. The molecule has 2 aromatic rings. The fraction of sp³-hybridized carbons (Fsp3) is 0.278. The van der Waals surface area contributed by atoms with E-state index < -0.39 is 5.91 Å². The highest BCUT2D eigenvalue weighted by Gasteiger charge is 2.10. The van der Waals surface area contributed by atoms with Crippen molar-refractivity contribution in [2.45, 2.75) is 19.4 Å². The highest BCUT2D eigenvalue weighted by atomic mass is 16.5. The Balaban J connectivity index is 2.09. The molecule has 0 fully saturated rings. The van der Waals surface area contributed by atoms with Crippen LogP contribution in [0.1, 0.15) is 34.1 Å². The Bertz CT molecular complexity index is 710. The molecule has 1 aromatic heterocycles. The Labute approximate surface area is 141 Å². The topological polar surface area (TPSA) is 94.3 Å². The predicted molar refractivity (Wildman–Crippen MR) is 91.6 cm³/mol. The molecule has 1 heterocycles. The summed E-state index contributed by atoms with van der Waals surface area (Å²) in [6.07, 6.45) is 2.37. The Morgan fingerprint density at radius 1 is 1.21 bits per heavy atom. The van der Waals surface area contributed by atoms with Crippen LogP contribution in [-0.4, -0.2) is 36.6 Å². The number of hydrogen-bond acceptors (Lipinski definition) is 4. The molecule has 0 unspecified atom stereocenters. The molecule has 0 bridgehead atoms. The molecule has 6 nitrogen and oxygen atoms in total. The zero-order valence-corrected chi connectivity index (χ0v) is 13.8. The first-order chi connectivity index (χ1) is 11.5. The summed E-state index contributed by atoms with van der Waals surface area (Å²) in [4.78, 5) is 27.6. The second-order valence-corrected chi connectivity index (χ2v) is 5.35. The van der Waals surface area contributed by atoms with Gasteiger partial charge in [0.1, 0.15) is 0 Å². The monoisotopic (exact) mass is 327 g/mol. The molecule has 0 saturated heterocycles. The molecule has 2 rings (SSSR count). The van der Waals surface area contributed by atoms with Crippen molar-refractivity contribution >= 4 is 11.8 Å². The smallest absolute Gasteiger partial charge is 0.251 e. The minimum Gasteiger partial charge on any atom is -0.380 e. The highest BCUT2D eigenvalue weighted by Crippen LogP contribution is 2.18. The number of nitrogens with two attached hydrogens (primary N) is 1. The van der Waals surface area contributed by atoms with Crippen LogP contribution in [0.25, 0.3) is 11.3 Å². The number of pyridine rings is 1. The number of amides is 2. The van der Waals surface area contributed by atoms with Crippen LogP contribution in [0.4, 0.5) is 0 Å². The minimum atomic E-state index is -0.502. The van der Waals surface area contributed by atoms with E-state index in [9.17, 15) is 9.59 Å². The minimum absolute atomic E-state index is 0.00830. The maximum Gasteiger partial charge on any atom is 0.251 e. The van der Waals surface area contributed by atoms with Gasteiger partial charge in [0.25, 0.3) is 5.91 Å². The summed E-state index contributed by atoms with van der Waals surface area (Å²) >= 11 is 0. The van der Waals surface area contributed by atoms with Crippen molar-refractivity contribution in [3.05, 3.63) is 53.7 Å². The van der Waals surface area contributed by atoms with Crippen LogP contribution in [0, 0.1) is 0 Å². The van der Waals surface area contributed by atoms with Crippen LogP contribution in [0.3, 0.4) is 0 Å². The van der Waals surface area contributed by atoms with Gasteiger partial charge in [0.15, 0.2) is 0 Å². The number of ether oxygens (including phenoxy) is 1. The van der Waals surface area contributed by atoms with Gasteiger partial charge in [-0.3, -0.25) is 14.6 Å². The largest absolute Gasteiger partial charge is 0.380 e. The van der Waals surface area contributed by atoms with Crippen LogP contribution in [0.15, 0.2) is 42.6 Å². The molecule has 0 spiro atoms. The van der Waals surface area contributed by atoms with Gasteiger partial charge in [-0.25, -0.2) is 0 Å². The number of benzene rings is 1. The number of rotatable bonds is 7. The number of aromatic nitrogens is 1. The first-order valence-electron chi connectivity index (χ1n) is 7.72. The van der Waals surface area contributed by atoms with E-state index in [1.807, 2.05) is 6.92 Å². The third-order valence-electron chi connectivity index (χ3n) is 3.77. The van der Waals surface area contributed by atoms with Crippen molar-refractivity contribution in [2.75, 3.05) is 13.7 Å². The third-order valence-corrected chi connectivity index (χ3v) is 3.77. The SMILES string of the molecule is CC[C@H](CNC(=O)c1ccc(-c2cc(C(N)=O)ccn2)cc1)OC. The van der Waals surface area contributed by atoms with Crippen LogP contribution in [0.5, 0.6) is 0 Å². The number of primary amides is 1. The molecule has 1 aromatic carbocycles. The Morgan fingerprint density at radius 3 is 2.50 bits per heavy atom. The molecule has 0 saturated carbocycles. The summed E-state index contributed by atoms with van der Waals surface area (Å²) in [6.45, 7) is 2.47. The van der Waals surface area contributed by atoms with E-state index in [1.165, 1.54) is 6.20 Å². The number of carbonyl (C=O) groups excluding carboxylic acids is 2. The van der Waals surface area contributed by atoms with Crippen LogP contribution < -0.4 is 11.1 Å². The van der Waals surface area contributed by atoms with Gasteiger partial charge in [-0.1, -0.05) is 19.1 Å². The Kier molecular flexibility index (Phi) is 6.03. The highest BCUT2D eigenvalue weighted by molar-refractivity contribution is 5.95. The van der Waals surface area contributed by atoms with Crippen molar-refractivity contribution in [1.29, 1.82) is 0 Å². The molecule has 24 heavy (non-hydrogen) atoms. The molecule has 126 valence electrons. The fourth-order valence-electron chi connectivity index (χ4n) is 2.24. The molecule has 0 radical (unpaired) electrons. The molecule has 0 aliphatic carbocycles. The maximum atomic E-state index is 12.1. The number of hydrogen-bond donors (Lipinski definition) is 2. The summed E-state index contributed by atoms with van der Waals surface area (Å²) < 4.78 is 5.23. The first kappa shape index (κ1) is 17.6. The summed E-state index contributed by atoms with van der Waals surface area (Å²) in [6, 6.07) is 10.2. The van der Waals surface area contributed by atoms with Crippen LogP contribution in [-0.2, 0) is 4.74 Å². The van der Waals surface area contributed by atoms with Gasteiger partial charge < -0.3 is 15.8 Å². The molecular weight excluding hydrogens is 306 g/mol. The van der Waals surface area contributed by atoms with E-state index in [0.717, 1.165) is 12.0 Å². The lowest BCUT2D eigenvalue weighted by Gasteiger charge is -2.13. The van der Waals surface area contributed by atoms with E-state index in [2.05, 4.69) is 10.3 Å². The average molecular weight is 327 g/mol. The second kappa shape index (κ2) is 8.21. The van der Waals surface area contributed by atoms with E-state index in [1.54, 1.807) is 43.5 Å². The van der Waals surface area contributed by atoms with Crippen molar-refractivity contribution in [2.24, 2.45) is 5.73 Å². The van der Waals surface area contributed by atoms with Crippen LogP contribution >= 0.6 is 0 Å². The lowest BCUT2D eigenvalue weighted by Crippen LogP contribution is -2.32. The van der Waals surface area contributed by atoms with Gasteiger partial charge in [-0.2, -0.15) is 0 Å². The number of carbonyl (C=O) groups is 2. The zero-order valence-electron chi connectivity index (χ0n) is 13.8. The van der Waals surface area contributed by atoms with Gasteiger partial charge in [-0.15, -0.1) is 0 Å². The van der Waals surface area contributed by atoms with E-state index in [4.69, 9.17) is 10.5 Å². The predicted octanol–water partition coefficient (Wildman–Crippen LogP) is 2.00. The maximum absolute atomic E-state index is 12.1. The molecule has 1 atom stereocenters. The zero-order chi connectivity index (χ0) is 17.5. The van der Waals surface area contributed by atoms with Gasteiger partial charge in [0.2, 0.25) is 5.91 Å². The second-order valence-electron chi connectivity index (χ2n) is 5.35. The number of nitrogens with one attached hydrogen (secondary N) is 1. The molecule has 6 heteroatoms. The van der Waals surface area contributed by atoms with Gasteiger partial charge in [0.05, 0.1) is 11.8 Å². The quantitative estimate of drug-likeness (QED) is 0.813. The van der Waals surface area contributed by atoms with Gasteiger partial charge in [-0.05, 0) is 30.7 Å². The number of nitrogens with zero attached hydrogens (tertiary/aromatic N) is 1. The van der Waals surface area contributed by atoms with Crippen molar-refractivity contribution in [3.8, 4) is 11.3 Å². The molecule has 3 N–H and O–H groups in total. The molecule has 2 amide bonds. The third kappa shape index (κ3) is 4.39. The Hall–Kier alpha value is -2.73.